The summed E-state index contributed by atoms with van der Waals surface area (Å²) in [6.07, 6.45) is 3.97. The molecule has 0 atom stereocenters. The van der Waals surface area contributed by atoms with E-state index < -0.39 is 10.0 Å². The number of carbonyl (C=O) groups excluding carboxylic acids is 1. The minimum Gasteiger partial charge on any atom is -0.379 e. The Morgan fingerprint density at radius 1 is 1.11 bits per heavy atom. The van der Waals surface area contributed by atoms with Gasteiger partial charge >= 0.3 is 0 Å². The van der Waals surface area contributed by atoms with Crippen molar-refractivity contribution in [2.24, 2.45) is 5.92 Å². The Morgan fingerprint density at radius 2 is 1.75 bits per heavy atom. The Balaban J connectivity index is 1.41. The first-order valence-electron chi connectivity index (χ1n) is 10.0. The van der Waals surface area contributed by atoms with Crippen molar-refractivity contribution in [3.63, 3.8) is 0 Å². The van der Waals surface area contributed by atoms with Crippen molar-refractivity contribution in [1.29, 1.82) is 0 Å². The molecule has 0 radical (unpaired) electrons. The van der Waals surface area contributed by atoms with Crippen LogP contribution in [-0.4, -0.2) is 82.3 Å². The first kappa shape index (κ1) is 21.2. The number of hydrogen-bond donors (Lipinski definition) is 1. The number of ether oxygens (including phenoxy) is 1. The van der Waals surface area contributed by atoms with E-state index in [1.165, 1.54) is 11.8 Å². The zero-order chi connectivity index (χ0) is 20.0. The van der Waals surface area contributed by atoms with Crippen molar-refractivity contribution in [2.75, 3.05) is 58.7 Å². The lowest BCUT2D eigenvalue weighted by Crippen LogP contribution is -2.41. The first-order chi connectivity index (χ1) is 13.4. The van der Waals surface area contributed by atoms with E-state index in [0.29, 0.717) is 31.1 Å². The van der Waals surface area contributed by atoms with Gasteiger partial charge in [0, 0.05) is 44.8 Å². The number of piperidine rings is 1. The highest BCUT2D eigenvalue weighted by atomic mass is 32.2. The molecule has 3 rings (SSSR count). The quantitative estimate of drug-likeness (QED) is 0.726. The molecule has 1 aromatic rings. The zero-order valence-electron chi connectivity index (χ0n) is 16.6. The minimum absolute atomic E-state index is 0.0405. The van der Waals surface area contributed by atoms with Crippen LogP contribution in [0.3, 0.4) is 0 Å². The molecule has 2 saturated heterocycles. The van der Waals surface area contributed by atoms with E-state index in [-0.39, 0.29) is 5.91 Å². The molecule has 0 unspecified atom stereocenters. The maximum Gasteiger partial charge on any atom is 0.251 e. The van der Waals surface area contributed by atoms with Crippen LogP contribution >= 0.6 is 0 Å². The summed E-state index contributed by atoms with van der Waals surface area (Å²) in [5.41, 5.74) is 1.88. The third-order valence-electron chi connectivity index (χ3n) is 5.60. The van der Waals surface area contributed by atoms with E-state index >= 15 is 0 Å². The molecule has 2 fully saturated rings. The summed E-state index contributed by atoms with van der Waals surface area (Å²) in [4.78, 5) is 14.6. The second kappa shape index (κ2) is 9.82. The number of amides is 1. The van der Waals surface area contributed by atoms with Crippen LogP contribution in [-0.2, 0) is 21.2 Å². The van der Waals surface area contributed by atoms with E-state index in [0.717, 1.165) is 52.1 Å². The zero-order valence-corrected chi connectivity index (χ0v) is 17.4. The molecular formula is C20H31N3O4S. The van der Waals surface area contributed by atoms with Crippen molar-refractivity contribution in [3.8, 4) is 0 Å². The fourth-order valence-corrected chi connectivity index (χ4v) is 4.70. The van der Waals surface area contributed by atoms with E-state index in [4.69, 9.17) is 4.74 Å². The number of carbonyl (C=O) groups is 1. The van der Waals surface area contributed by atoms with Crippen LogP contribution < -0.4 is 5.32 Å². The number of rotatable bonds is 7. The van der Waals surface area contributed by atoms with Crippen LogP contribution in [0.4, 0.5) is 0 Å². The van der Waals surface area contributed by atoms with Crippen LogP contribution in [0.5, 0.6) is 0 Å². The normalized spacial score (nSPS) is 20.2. The molecule has 156 valence electrons. The van der Waals surface area contributed by atoms with Crippen LogP contribution in [0.2, 0.25) is 0 Å². The molecule has 8 heteroatoms. The fraction of sp³-hybridized carbons (Fsp3) is 0.650. The fourth-order valence-electron chi connectivity index (χ4n) is 3.82. The lowest BCUT2D eigenvalue weighted by molar-refractivity contribution is 0.0383. The van der Waals surface area contributed by atoms with Crippen LogP contribution in [0.1, 0.15) is 28.8 Å². The van der Waals surface area contributed by atoms with Gasteiger partial charge in [0.2, 0.25) is 10.0 Å². The lowest BCUT2D eigenvalue weighted by Gasteiger charge is -2.30. The molecule has 1 N–H and O–H groups in total. The molecule has 2 aliphatic rings. The number of nitrogens with one attached hydrogen (secondary N) is 1. The van der Waals surface area contributed by atoms with Gasteiger partial charge in [0.05, 0.1) is 19.5 Å². The number of morpholine rings is 1. The van der Waals surface area contributed by atoms with Gasteiger partial charge in [0.15, 0.2) is 0 Å². The Labute approximate surface area is 168 Å². The summed E-state index contributed by atoms with van der Waals surface area (Å²) >= 11 is 0. The largest absolute Gasteiger partial charge is 0.379 e. The third-order valence-corrected chi connectivity index (χ3v) is 6.90. The molecule has 7 nitrogen and oxygen atoms in total. The standard InChI is InChI=1S/C20H31N3O4S/c1-28(25,26)23-9-6-18(7-10-23)16-17-2-4-19(5-3-17)20(24)21-8-11-22-12-14-27-15-13-22/h2-5,18H,6-16H2,1H3,(H,21,24). The average Bonchev–Trinajstić information content (AvgIpc) is 2.69. The molecule has 0 aliphatic carbocycles. The van der Waals surface area contributed by atoms with Gasteiger partial charge in [0.1, 0.15) is 0 Å². The van der Waals surface area contributed by atoms with Gasteiger partial charge in [-0.3, -0.25) is 9.69 Å². The van der Waals surface area contributed by atoms with Crippen molar-refractivity contribution < 1.29 is 17.9 Å². The van der Waals surface area contributed by atoms with Crippen molar-refractivity contribution in [2.45, 2.75) is 19.3 Å². The molecule has 2 heterocycles. The Hall–Kier alpha value is -1.48. The van der Waals surface area contributed by atoms with E-state index in [2.05, 4.69) is 10.2 Å². The first-order valence-corrected chi connectivity index (χ1v) is 11.9. The number of sulfonamides is 1. The van der Waals surface area contributed by atoms with Crippen LogP contribution in [0.25, 0.3) is 0 Å². The molecule has 28 heavy (non-hydrogen) atoms. The Morgan fingerprint density at radius 3 is 2.36 bits per heavy atom. The Kier molecular flexibility index (Phi) is 7.45. The van der Waals surface area contributed by atoms with Gasteiger partial charge in [-0.25, -0.2) is 12.7 Å². The maximum absolute atomic E-state index is 12.3. The summed E-state index contributed by atoms with van der Waals surface area (Å²) < 4.78 is 30.1. The number of hydrogen-bond acceptors (Lipinski definition) is 5. The van der Waals surface area contributed by atoms with Crippen molar-refractivity contribution >= 4 is 15.9 Å². The minimum atomic E-state index is -3.07. The highest BCUT2D eigenvalue weighted by Gasteiger charge is 2.24. The third kappa shape index (κ3) is 6.27. The summed E-state index contributed by atoms with van der Waals surface area (Å²) in [7, 11) is -3.07. The SMILES string of the molecule is CS(=O)(=O)N1CCC(Cc2ccc(C(=O)NCCN3CCOCC3)cc2)CC1. The van der Waals surface area contributed by atoms with Crippen LogP contribution in [0.15, 0.2) is 24.3 Å². The topological polar surface area (TPSA) is 79.0 Å². The van der Waals surface area contributed by atoms with E-state index in [9.17, 15) is 13.2 Å². The smallest absolute Gasteiger partial charge is 0.251 e. The van der Waals surface area contributed by atoms with Crippen molar-refractivity contribution in [3.05, 3.63) is 35.4 Å². The molecule has 0 bridgehead atoms. The van der Waals surface area contributed by atoms with Gasteiger partial charge in [0.25, 0.3) is 5.91 Å². The van der Waals surface area contributed by atoms with Crippen LogP contribution in [0, 0.1) is 5.92 Å². The highest BCUT2D eigenvalue weighted by molar-refractivity contribution is 7.88. The van der Waals surface area contributed by atoms with Crippen molar-refractivity contribution in [1.82, 2.24) is 14.5 Å². The maximum atomic E-state index is 12.3. The molecule has 1 amide bonds. The van der Waals surface area contributed by atoms with E-state index in [1.54, 1.807) is 4.31 Å². The average molecular weight is 410 g/mol. The molecule has 2 aliphatic heterocycles. The highest BCUT2D eigenvalue weighted by Crippen LogP contribution is 2.23. The molecule has 0 saturated carbocycles. The van der Waals surface area contributed by atoms with Gasteiger partial charge < -0.3 is 10.1 Å². The summed E-state index contributed by atoms with van der Waals surface area (Å²) in [6.45, 7) is 6.08. The summed E-state index contributed by atoms with van der Waals surface area (Å²) in [5.74, 6) is 0.451. The van der Waals surface area contributed by atoms with Gasteiger partial charge in [-0.2, -0.15) is 0 Å². The van der Waals surface area contributed by atoms with Gasteiger partial charge in [-0.1, -0.05) is 12.1 Å². The second-order valence-electron chi connectivity index (χ2n) is 7.72. The summed E-state index contributed by atoms with van der Waals surface area (Å²) in [6, 6.07) is 7.79. The summed E-state index contributed by atoms with van der Waals surface area (Å²) in [5, 5.41) is 2.98. The predicted molar refractivity (Wildman–Crippen MR) is 109 cm³/mol. The van der Waals surface area contributed by atoms with Gasteiger partial charge in [-0.15, -0.1) is 0 Å². The molecule has 1 aromatic carbocycles. The second-order valence-corrected chi connectivity index (χ2v) is 9.70. The Bertz CT molecular complexity index is 737. The molecular weight excluding hydrogens is 378 g/mol. The predicted octanol–water partition coefficient (Wildman–Crippen LogP) is 0.963. The van der Waals surface area contributed by atoms with E-state index in [1.807, 2.05) is 24.3 Å². The lowest BCUT2D eigenvalue weighted by atomic mass is 9.91. The molecule has 0 spiro atoms. The monoisotopic (exact) mass is 409 g/mol. The number of nitrogens with zero attached hydrogens (tertiary/aromatic N) is 2. The van der Waals surface area contributed by atoms with Gasteiger partial charge in [-0.05, 0) is 42.9 Å². The molecule has 0 aromatic heterocycles. The number of benzene rings is 1.